The minimum absolute atomic E-state index is 0.0795. The Morgan fingerprint density at radius 3 is 2.53 bits per heavy atom. The number of rotatable bonds is 10. The predicted octanol–water partition coefficient (Wildman–Crippen LogP) is 6.65. The molecule has 3 N–H and O–H groups in total. The molecule has 1 aliphatic rings. The van der Waals surface area contributed by atoms with E-state index in [9.17, 15) is 18.5 Å². The van der Waals surface area contributed by atoms with Crippen LogP contribution in [0.5, 0.6) is 0 Å². The second-order valence-corrected chi connectivity index (χ2v) is 12.6. The van der Waals surface area contributed by atoms with E-state index >= 15 is 4.39 Å². The summed E-state index contributed by atoms with van der Waals surface area (Å²) >= 11 is 1.17. The normalized spacial score (nSPS) is 14.5. The zero-order chi connectivity index (χ0) is 30.2. The molecular weight excluding hydrogens is 591 g/mol. The second-order valence-electron chi connectivity index (χ2n) is 10.8. The van der Waals surface area contributed by atoms with Crippen LogP contribution in [0.2, 0.25) is 0 Å². The maximum absolute atomic E-state index is 15.3. The van der Waals surface area contributed by atoms with Crippen molar-refractivity contribution in [3.63, 3.8) is 0 Å². The van der Waals surface area contributed by atoms with Crippen LogP contribution < -0.4 is 5.14 Å². The molecule has 2 heterocycles. The SMILES string of the molecule is CC(c1ccccc1)c1cc(-c2nn(-c3nc(C(=O)O)cs3)c(CC3CC3)c2Cc2ccc(S(N)=O)c(F)c2)ccc1F. The summed E-state index contributed by atoms with van der Waals surface area (Å²) in [5.74, 6) is -1.93. The third-order valence-electron chi connectivity index (χ3n) is 7.79. The van der Waals surface area contributed by atoms with Gasteiger partial charge in [-0.15, -0.1) is 11.3 Å². The van der Waals surface area contributed by atoms with Crippen LogP contribution in [-0.4, -0.2) is 30.0 Å². The molecule has 2 aromatic heterocycles. The Kier molecular flexibility index (Phi) is 8.04. The average molecular weight is 619 g/mol. The fourth-order valence-electron chi connectivity index (χ4n) is 5.29. The van der Waals surface area contributed by atoms with Crippen molar-refractivity contribution in [3.8, 4) is 16.4 Å². The van der Waals surface area contributed by atoms with Crippen molar-refractivity contribution in [3.05, 3.63) is 117 Å². The van der Waals surface area contributed by atoms with E-state index in [-0.39, 0.29) is 28.7 Å². The van der Waals surface area contributed by atoms with E-state index in [0.29, 0.717) is 39.9 Å². The van der Waals surface area contributed by atoms with E-state index in [2.05, 4.69) is 4.98 Å². The molecule has 0 saturated heterocycles. The van der Waals surface area contributed by atoms with Gasteiger partial charge in [0.25, 0.3) is 0 Å². The third-order valence-corrected chi connectivity index (χ3v) is 9.37. The van der Waals surface area contributed by atoms with E-state index in [1.807, 2.05) is 37.3 Å². The number of nitrogens with zero attached hydrogens (tertiary/aromatic N) is 3. The van der Waals surface area contributed by atoms with Crippen molar-refractivity contribution in [1.82, 2.24) is 14.8 Å². The Balaban J connectivity index is 1.52. The topological polar surface area (TPSA) is 111 Å². The van der Waals surface area contributed by atoms with E-state index < -0.39 is 22.8 Å². The lowest BCUT2D eigenvalue weighted by molar-refractivity contribution is 0.0691. The van der Waals surface area contributed by atoms with Gasteiger partial charge in [-0.1, -0.05) is 43.3 Å². The Hall–Kier alpha value is -4.06. The summed E-state index contributed by atoms with van der Waals surface area (Å²) in [6, 6.07) is 19.0. The molecule has 11 heteroatoms. The molecule has 2 unspecified atom stereocenters. The highest BCUT2D eigenvalue weighted by molar-refractivity contribution is 7.82. The van der Waals surface area contributed by atoms with Crippen molar-refractivity contribution in [2.45, 2.75) is 43.4 Å². The number of thiazole rings is 1. The summed E-state index contributed by atoms with van der Waals surface area (Å²) < 4.78 is 43.5. The van der Waals surface area contributed by atoms with Crippen LogP contribution in [0.15, 0.2) is 77.0 Å². The number of aromatic carboxylic acids is 1. The lowest BCUT2D eigenvalue weighted by atomic mass is 9.90. The van der Waals surface area contributed by atoms with Gasteiger partial charge >= 0.3 is 5.97 Å². The van der Waals surface area contributed by atoms with E-state index in [4.69, 9.17) is 10.2 Å². The Morgan fingerprint density at radius 2 is 1.88 bits per heavy atom. The number of hydrogen-bond donors (Lipinski definition) is 2. The lowest BCUT2D eigenvalue weighted by Gasteiger charge is -2.15. The molecule has 0 aliphatic heterocycles. The van der Waals surface area contributed by atoms with Crippen LogP contribution in [0, 0.1) is 17.6 Å². The molecule has 6 rings (SSSR count). The maximum Gasteiger partial charge on any atom is 0.355 e. The zero-order valence-electron chi connectivity index (χ0n) is 23.2. The van der Waals surface area contributed by atoms with E-state index in [1.54, 1.807) is 22.9 Å². The molecule has 2 atom stereocenters. The number of carboxylic acids is 1. The molecule has 0 radical (unpaired) electrons. The maximum atomic E-state index is 15.3. The van der Waals surface area contributed by atoms with Crippen molar-refractivity contribution < 1.29 is 22.9 Å². The molecule has 0 amide bonds. The highest BCUT2D eigenvalue weighted by atomic mass is 32.2. The number of carbonyl (C=O) groups is 1. The molecule has 1 saturated carbocycles. The van der Waals surface area contributed by atoms with Crippen LogP contribution in [0.25, 0.3) is 16.4 Å². The van der Waals surface area contributed by atoms with Crippen LogP contribution in [0.4, 0.5) is 8.78 Å². The van der Waals surface area contributed by atoms with Crippen LogP contribution in [0.1, 0.15) is 64.1 Å². The molecule has 3 aromatic carbocycles. The summed E-state index contributed by atoms with van der Waals surface area (Å²) in [5, 5.41) is 21.8. The van der Waals surface area contributed by atoms with E-state index in [1.165, 1.54) is 34.9 Å². The van der Waals surface area contributed by atoms with Gasteiger partial charge in [-0.2, -0.15) is 5.10 Å². The Bertz CT molecular complexity index is 1850. The summed E-state index contributed by atoms with van der Waals surface area (Å²) in [4.78, 5) is 15.9. The van der Waals surface area contributed by atoms with Gasteiger partial charge in [-0.05, 0) is 72.2 Å². The Morgan fingerprint density at radius 1 is 1.12 bits per heavy atom. The molecule has 1 fully saturated rings. The minimum Gasteiger partial charge on any atom is -0.476 e. The fraction of sp³-hybridized carbons (Fsp3) is 0.219. The fourth-order valence-corrected chi connectivity index (χ4v) is 6.52. The smallest absolute Gasteiger partial charge is 0.355 e. The van der Waals surface area contributed by atoms with Gasteiger partial charge in [-0.25, -0.2) is 32.6 Å². The third kappa shape index (κ3) is 6.06. The molecule has 43 heavy (non-hydrogen) atoms. The zero-order valence-corrected chi connectivity index (χ0v) is 24.8. The number of benzene rings is 3. The first-order valence-electron chi connectivity index (χ1n) is 13.8. The molecule has 7 nitrogen and oxygen atoms in total. The molecular formula is C32H28F2N4O3S2. The van der Waals surface area contributed by atoms with Crippen molar-refractivity contribution in [2.75, 3.05) is 0 Å². The molecule has 0 spiro atoms. The van der Waals surface area contributed by atoms with Gasteiger partial charge in [-0.3, -0.25) is 0 Å². The van der Waals surface area contributed by atoms with Crippen molar-refractivity contribution in [1.29, 1.82) is 0 Å². The summed E-state index contributed by atoms with van der Waals surface area (Å²) in [7, 11) is -1.96. The standard InChI is InChI=1S/C32H28F2N4O3S2/c1-18(21-5-3-2-4-6-21)23-16-22(10-11-25(23)33)30-24(13-20-9-12-29(43(35)41)26(34)14-20)28(15-19-7-8-19)38(37-30)32-36-27(17-42-32)31(39)40/h2-6,9-12,14,16-19H,7-8,13,15,35H2,1H3,(H,39,40). The van der Waals surface area contributed by atoms with Gasteiger partial charge in [0.1, 0.15) is 22.6 Å². The van der Waals surface area contributed by atoms with Gasteiger partial charge in [0.2, 0.25) is 5.13 Å². The average Bonchev–Trinajstić information content (AvgIpc) is 3.55. The van der Waals surface area contributed by atoms with Gasteiger partial charge in [0, 0.05) is 28.8 Å². The molecule has 220 valence electrons. The van der Waals surface area contributed by atoms with Crippen LogP contribution in [-0.2, 0) is 23.8 Å². The summed E-state index contributed by atoms with van der Waals surface area (Å²) in [6.07, 6.45) is 3.06. The molecule has 0 bridgehead atoms. The minimum atomic E-state index is -1.96. The van der Waals surface area contributed by atoms with Gasteiger partial charge < -0.3 is 5.11 Å². The van der Waals surface area contributed by atoms with Crippen LogP contribution >= 0.6 is 11.3 Å². The number of carboxylic acid groups (broad SMARTS) is 1. The summed E-state index contributed by atoms with van der Waals surface area (Å²) in [5.41, 5.74) is 4.93. The van der Waals surface area contributed by atoms with Gasteiger partial charge in [0.05, 0.1) is 16.3 Å². The number of nitrogens with two attached hydrogens (primary N) is 1. The van der Waals surface area contributed by atoms with Crippen LogP contribution in [0.3, 0.4) is 0 Å². The molecule has 5 aromatic rings. The van der Waals surface area contributed by atoms with Gasteiger partial charge in [0.15, 0.2) is 5.69 Å². The highest BCUT2D eigenvalue weighted by Crippen LogP contribution is 2.39. The van der Waals surface area contributed by atoms with Crippen molar-refractivity contribution >= 4 is 28.3 Å². The molecule has 1 aliphatic carbocycles. The quantitative estimate of drug-likeness (QED) is 0.182. The monoisotopic (exact) mass is 618 g/mol. The second kappa shape index (κ2) is 11.9. The summed E-state index contributed by atoms with van der Waals surface area (Å²) in [6.45, 7) is 1.95. The number of halogens is 2. The largest absolute Gasteiger partial charge is 0.476 e. The highest BCUT2D eigenvalue weighted by Gasteiger charge is 2.30. The predicted molar refractivity (Wildman–Crippen MR) is 162 cm³/mol. The number of hydrogen-bond acceptors (Lipinski definition) is 5. The lowest BCUT2D eigenvalue weighted by Crippen LogP contribution is -2.07. The van der Waals surface area contributed by atoms with E-state index in [0.717, 1.165) is 29.7 Å². The van der Waals surface area contributed by atoms with Crippen molar-refractivity contribution in [2.24, 2.45) is 11.1 Å². The first kappa shape index (κ1) is 29.0. The first-order valence-corrected chi connectivity index (χ1v) is 15.9. The Labute approximate surface area is 253 Å². The number of aromatic nitrogens is 3. The first-order chi connectivity index (χ1) is 20.7.